The van der Waals surface area contributed by atoms with E-state index in [1.165, 1.54) is 11.0 Å². The van der Waals surface area contributed by atoms with E-state index in [-0.39, 0.29) is 19.2 Å². The molecule has 0 saturated carbocycles. The van der Waals surface area contributed by atoms with Gasteiger partial charge in [-0.3, -0.25) is 4.90 Å². The Morgan fingerprint density at radius 2 is 1.83 bits per heavy atom. The number of guanidine groups is 1. The molecule has 1 N–H and O–H groups in total. The predicted molar refractivity (Wildman–Crippen MR) is 134 cm³/mol. The van der Waals surface area contributed by atoms with Gasteiger partial charge >= 0.3 is 6.09 Å². The smallest absolute Gasteiger partial charge is 0.408 e. The first-order valence-electron chi connectivity index (χ1n) is 10.8. The molecule has 0 aliphatic carbocycles. The molecule has 35 heavy (non-hydrogen) atoms. The highest BCUT2D eigenvalue weighted by Gasteiger charge is 2.40. The minimum Gasteiger partial charge on any atom is -0.487 e. The maximum Gasteiger partial charge on any atom is 0.408 e. The average Bonchev–Trinajstić information content (AvgIpc) is 3.24. The van der Waals surface area contributed by atoms with Gasteiger partial charge in [-0.25, -0.2) is 9.80 Å². The second-order valence-electron chi connectivity index (χ2n) is 7.92. The van der Waals surface area contributed by atoms with Gasteiger partial charge in [-0.05, 0) is 36.4 Å². The Bertz CT molecular complexity index is 1190. The van der Waals surface area contributed by atoms with Crippen LogP contribution in [0.15, 0.2) is 71.3 Å². The van der Waals surface area contributed by atoms with Crippen molar-refractivity contribution in [3.63, 3.8) is 0 Å². The Balaban J connectivity index is 1.55. The van der Waals surface area contributed by atoms with Crippen LogP contribution < -0.4 is 4.74 Å². The van der Waals surface area contributed by atoms with Crippen LogP contribution in [-0.2, 0) is 0 Å². The monoisotopic (exact) mass is 512 g/mol. The molecule has 2 heterocycles. The first-order valence-corrected chi connectivity index (χ1v) is 11.5. The van der Waals surface area contributed by atoms with E-state index in [0.717, 1.165) is 5.56 Å². The molecule has 2 aliphatic heterocycles. The Morgan fingerprint density at radius 1 is 1.20 bits per heavy atom. The van der Waals surface area contributed by atoms with Crippen LogP contribution >= 0.6 is 23.2 Å². The normalized spacial score (nSPS) is 17.9. The topological polar surface area (TPSA) is 105 Å². The number of nitrogens with zero attached hydrogens (tertiary/aromatic N) is 6. The Hall–Kier alpha value is -3.74. The molecule has 1 fully saturated rings. The van der Waals surface area contributed by atoms with Crippen molar-refractivity contribution < 1.29 is 14.6 Å². The van der Waals surface area contributed by atoms with E-state index in [1.807, 2.05) is 11.1 Å². The Morgan fingerprint density at radius 3 is 2.40 bits per heavy atom. The zero-order valence-corrected chi connectivity index (χ0v) is 20.1. The molecule has 180 valence electrons. The fourth-order valence-electron chi connectivity index (χ4n) is 3.93. The van der Waals surface area contributed by atoms with E-state index in [0.29, 0.717) is 40.6 Å². The second-order valence-corrected chi connectivity index (χ2v) is 8.80. The van der Waals surface area contributed by atoms with Crippen LogP contribution in [0, 0.1) is 11.5 Å². The van der Waals surface area contributed by atoms with Crippen LogP contribution in [-0.4, -0.2) is 76.0 Å². The van der Waals surface area contributed by atoms with Crippen LogP contribution in [0.2, 0.25) is 10.0 Å². The maximum atomic E-state index is 12.0. The number of hydrazone groups is 1. The van der Waals surface area contributed by atoms with Crippen LogP contribution in [0.5, 0.6) is 5.75 Å². The van der Waals surface area contributed by atoms with Crippen molar-refractivity contribution in [2.75, 3.05) is 26.2 Å². The summed E-state index contributed by atoms with van der Waals surface area (Å²) in [6, 6.07) is 13.5. The van der Waals surface area contributed by atoms with Crippen LogP contribution in [0.4, 0.5) is 4.79 Å². The minimum atomic E-state index is -1.10. The van der Waals surface area contributed by atoms with Gasteiger partial charge < -0.3 is 14.7 Å². The quantitative estimate of drug-likeness (QED) is 0.269. The summed E-state index contributed by atoms with van der Waals surface area (Å²) in [6.45, 7) is 4.97. The average molecular weight is 513 g/mol. The molecule has 9 nitrogen and oxygen atoms in total. The summed E-state index contributed by atoms with van der Waals surface area (Å²) >= 11 is 12.0. The van der Waals surface area contributed by atoms with Gasteiger partial charge in [0.1, 0.15) is 11.9 Å². The van der Waals surface area contributed by atoms with E-state index in [1.54, 1.807) is 53.5 Å². The highest BCUT2D eigenvalue weighted by Crippen LogP contribution is 2.25. The number of amides is 1. The summed E-state index contributed by atoms with van der Waals surface area (Å²) in [4.78, 5) is 19.1. The summed E-state index contributed by atoms with van der Waals surface area (Å²) in [7, 11) is 0. The summed E-state index contributed by atoms with van der Waals surface area (Å²) in [5.74, 6) is 1.03. The van der Waals surface area contributed by atoms with Crippen molar-refractivity contribution >= 4 is 41.0 Å². The largest absolute Gasteiger partial charge is 0.487 e. The lowest BCUT2D eigenvalue weighted by molar-refractivity contribution is 0.0581. The van der Waals surface area contributed by atoms with E-state index in [4.69, 9.17) is 27.9 Å². The van der Waals surface area contributed by atoms with E-state index in [9.17, 15) is 15.2 Å². The van der Waals surface area contributed by atoms with Crippen molar-refractivity contribution in [2.45, 2.75) is 12.1 Å². The van der Waals surface area contributed by atoms with Gasteiger partial charge in [-0.15, -0.1) is 11.6 Å². The third-order valence-corrected chi connectivity index (χ3v) is 6.11. The molecular formula is C24H22Cl2N6O3. The number of hydrogen-bond acceptors (Lipinski definition) is 5. The third kappa shape index (κ3) is 5.50. The second kappa shape index (κ2) is 10.7. The van der Waals surface area contributed by atoms with E-state index < -0.39 is 12.1 Å². The summed E-state index contributed by atoms with van der Waals surface area (Å²) < 4.78 is 5.95. The predicted octanol–water partition coefficient (Wildman–Crippen LogP) is 4.15. The van der Waals surface area contributed by atoms with Gasteiger partial charge in [0.25, 0.3) is 0 Å². The molecule has 11 heteroatoms. The van der Waals surface area contributed by atoms with Crippen molar-refractivity contribution in [1.82, 2.24) is 14.8 Å². The number of benzene rings is 2. The molecule has 2 aliphatic rings. The number of aliphatic imine (C=N–C) groups is 1. The molecule has 0 bridgehead atoms. The minimum absolute atomic E-state index is 0.102. The lowest BCUT2D eigenvalue weighted by atomic mass is 10.0. The fraction of sp³-hybridized carbons (Fsp3) is 0.250. The van der Waals surface area contributed by atoms with E-state index >= 15 is 0 Å². The van der Waals surface area contributed by atoms with E-state index in [2.05, 4.69) is 16.7 Å². The number of carbonyl (C=O) groups is 1. The SMILES string of the molecule is C=CCN(C(=O)O)C1CN(C(=NC#N)N2CC(Oc3ccc(Cl)cc3)C2)N=C1c1ccc(Cl)cc1. The number of carboxylic acid groups (broad SMARTS) is 1. The Labute approximate surface area is 212 Å². The number of hydrogen-bond donors (Lipinski definition) is 1. The molecule has 1 atom stereocenters. The van der Waals surface area contributed by atoms with Gasteiger partial charge in [0.15, 0.2) is 0 Å². The number of ether oxygens (including phenoxy) is 1. The lowest BCUT2D eigenvalue weighted by Crippen LogP contribution is -2.59. The summed E-state index contributed by atoms with van der Waals surface area (Å²) in [6.07, 6.45) is 2.16. The number of nitriles is 1. The van der Waals surface area contributed by atoms with Crippen molar-refractivity contribution in [2.24, 2.45) is 10.1 Å². The lowest BCUT2D eigenvalue weighted by Gasteiger charge is -2.42. The van der Waals surface area contributed by atoms with Crippen LogP contribution in [0.25, 0.3) is 0 Å². The van der Waals surface area contributed by atoms with Gasteiger partial charge in [0.05, 0.1) is 31.4 Å². The van der Waals surface area contributed by atoms with Crippen molar-refractivity contribution in [3.8, 4) is 11.9 Å². The number of rotatable bonds is 6. The number of halogens is 2. The molecule has 1 unspecified atom stereocenters. The molecule has 1 amide bonds. The zero-order chi connectivity index (χ0) is 24.9. The van der Waals surface area contributed by atoms with Crippen LogP contribution in [0.3, 0.4) is 0 Å². The standard InChI is InChI=1S/C24H22Cl2N6O3/c1-2-11-31(24(33)34)21-14-32(29-22(21)16-3-5-17(25)6-4-16)23(28-15-27)30-12-20(13-30)35-19-9-7-18(26)8-10-19/h2-10,20-21H,1,11-14H2,(H,33,34). The molecule has 0 spiro atoms. The van der Waals surface area contributed by atoms with Gasteiger partial charge in [-0.2, -0.15) is 10.4 Å². The molecule has 1 saturated heterocycles. The first-order chi connectivity index (χ1) is 16.9. The van der Waals surface area contributed by atoms with Gasteiger partial charge in [0, 0.05) is 22.2 Å². The van der Waals surface area contributed by atoms with Crippen molar-refractivity contribution in [1.29, 1.82) is 5.26 Å². The van der Waals surface area contributed by atoms with Crippen LogP contribution in [0.1, 0.15) is 5.56 Å². The summed E-state index contributed by atoms with van der Waals surface area (Å²) in [5, 5.41) is 26.6. The Kier molecular flexibility index (Phi) is 7.44. The molecule has 0 radical (unpaired) electrons. The number of likely N-dealkylation sites (tertiary alicyclic amines) is 1. The van der Waals surface area contributed by atoms with Gasteiger partial charge in [0.2, 0.25) is 12.2 Å². The third-order valence-electron chi connectivity index (χ3n) is 5.61. The molecule has 0 aromatic heterocycles. The molecular weight excluding hydrogens is 491 g/mol. The highest BCUT2D eigenvalue weighted by atomic mass is 35.5. The van der Waals surface area contributed by atoms with Gasteiger partial charge in [-0.1, -0.05) is 41.4 Å². The molecule has 4 rings (SSSR count). The molecule has 2 aromatic carbocycles. The maximum absolute atomic E-state index is 12.0. The zero-order valence-electron chi connectivity index (χ0n) is 18.6. The first kappa shape index (κ1) is 24.4. The summed E-state index contributed by atoms with van der Waals surface area (Å²) in [5.41, 5.74) is 1.26. The highest BCUT2D eigenvalue weighted by molar-refractivity contribution is 6.31. The fourth-order valence-corrected chi connectivity index (χ4v) is 4.18. The van der Waals surface area contributed by atoms with Crippen molar-refractivity contribution in [3.05, 3.63) is 76.8 Å². The molecule has 2 aromatic rings.